The third kappa shape index (κ3) is 8.45. The molecule has 0 aliphatic carbocycles. The van der Waals surface area contributed by atoms with Crippen LogP contribution < -0.4 is 0 Å². The molecule has 1 aliphatic rings. The summed E-state index contributed by atoms with van der Waals surface area (Å²) in [5.74, 6) is -0.921. The van der Waals surface area contributed by atoms with Gasteiger partial charge in [-0.3, -0.25) is 9.69 Å². The number of rotatable bonds is 13. The van der Waals surface area contributed by atoms with Crippen LogP contribution in [0.2, 0.25) is 0 Å². The molecule has 24 heavy (non-hydrogen) atoms. The van der Waals surface area contributed by atoms with Crippen LogP contribution in [0.1, 0.15) is 84.0 Å². The maximum absolute atomic E-state index is 10.4. The molecule has 1 fully saturated rings. The molecule has 0 saturated carbocycles. The molecule has 1 heterocycles. The van der Waals surface area contributed by atoms with Gasteiger partial charge in [0.1, 0.15) is 0 Å². The van der Waals surface area contributed by atoms with Crippen LogP contribution in [0.15, 0.2) is 0 Å². The SMILES string of the molecule is C[C@H](O)[C@@H]1CC[C@H](CCCCCCCCC[C@@H](O)CC(=O)O)N1C. The van der Waals surface area contributed by atoms with Gasteiger partial charge in [0.2, 0.25) is 0 Å². The highest BCUT2D eigenvalue weighted by Crippen LogP contribution is 2.28. The van der Waals surface area contributed by atoms with Crippen LogP contribution in [0.5, 0.6) is 0 Å². The molecular formula is C19H37NO4. The Kier molecular flexibility index (Phi) is 10.5. The van der Waals surface area contributed by atoms with Gasteiger partial charge in [0.15, 0.2) is 0 Å². The number of hydrogen-bond acceptors (Lipinski definition) is 4. The van der Waals surface area contributed by atoms with Gasteiger partial charge >= 0.3 is 5.97 Å². The number of unbranched alkanes of at least 4 members (excludes halogenated alkanes) is 6. The second kappa shape index (κ2) is 11.8. The molecule has 5 heteroatoms. The van der Waals surface area contributed by atoms with Crippen molar-refractivity contribution in [2.45, 2.75) is 108 Å². The number of carbonyl (C=O) groups is 1. The zero-order valence-corrected chi connectivity index (χ0v) is 15.5. The maximum Gasteiger partial charge on any atom is 0.305 e. The normalized spacial score (nSPS) is 24.2. The van der Waals surface area contributed by atoms with E-state index < -0.39 is 12.1 Å². The molecule has 0 spiro atoms. The Bertz CT molecular complexity index is 348. The fraction of sp³-hybridized carbons (Fsp3) is 0.947. The summed E-state index contributed by atoms with van der Waals surface area (Å²) in [7, 11) is 2.15. The summed E-state index contributed by atoms with van der Waals surface area (Å²) in [5.41, 5.74) is 0. The summed E-state index contributed by atoms with van der Waals surface area (Å²) in [6.45, 7) is 1.89. The van der Waals surface area contributed by atoms with Gasteiger partial charge in [0.25, 0.3) is 0 Å². The summed E-state index contributed by atoms with van der Waals surface area (Å²) in [6.07, 6.45) is 11.3. The van der Waals surface area contributed by atoms with Crippen molar-refractivity contribution in [3.05, 3.63) is 0 Å². The quantitative estimate of drug-likeness (QED) is 0.448. The van der Waals surface area contributed by atoms with Crippen molar-refractivity contribution in [3.63, 3.8) is 0 Å². The Morgan fingerprint density at radius 2 is 1.62 bits per heavy atom. The molecule has 3 N–H and O–H groups in total. The summed E-state index contributed by atoms with van der Waals surface area (Å²) in [5, 5.41) is 27.8. The highest BCUT2D eigenvalue weighted by atomic mass is 16.4. The highest BCUT2D eigenvalue weighted by Gasteiger charge is 2.32. The van der Waals surface area contributed by atoms with E-state index in [1.165, 1.54) is 44.9 Å². The number of aliphatic carboxylic acids is 1. The van der Waals surface area contributed by atoms with E-state index in [0.717, 1.165) is 19.3 Å². The van der Waals surface area contributed by atoms with Crippen molar-refractivity contribution >= 4 is 5.97 Å². The number of carboxylic acids is 1. The van der Waals surface area contributed by atoms with Crippen molar-refractivity contribution in [2.24, 2.45) is 0 Å². The number of likely N-dealkylation sites (N-methyl/N-ethyl adjacent to an activating group) is 1. The molecule has 0 unspecified atom stereocenters. The lowest BCUT2D eigenvalue weighted by Crippen LogP contribution is -2.38. The lowest BCUT2D eigenvalue weighted by Gasteiger charge is -2.27. The van der Waals surface area contributed by atoms with E-state index in [0.29, 0.717) is 18.5 Å². The number of nitrogens with zero attached hydrogens (tertiary/aromatic N) is 1. The topological polar surface area (TPSA) is 81.0 Å². The monoisotopic (exact) mass is 343 g/mol. The first-order valence-corrected chi connectivity index (χ1v) is 9.71. The molecule has 0 aromatic heterocycles. The van der Waals surface area contributed by atoms with E-state index in [1.54, 1.807) is 0 Å². The first-order chi connectivity index (χ1) is 11.4. The Hall–Kier alpha value is -0.650. The number of hydrogen-bond donors (Lipinski definition) is 3. The van der Waals surface area contributed by atoms with Gasteiger partial charge in [-0.05, 0) is 39.7 Å². The van der Waals surface area contributed by atoms with Crippen molar-refractivity contribution in [2.75, 3.05) is 7.05 Å². The zero-order chi connectivity index (χ0) is 17.9. The minimum absolute atomic E-state index is 0.133. The summed E-state index contributed by atoms with van der Waals surface area (Å²) >= 11 is 0. The molecular weight excluding hydrogens is 306 g/mol. The van der Waals surface area contributed by atoms with Crippen LogP contribution >= 0.6 is 0 Å². The first-order valence-electron chi connectivity index (χ1n) is 9.71. The zero-order valence-electron chi connectivity index (χ0n) is 15.5. The largest absolute Gasteiger partial charge is 0.481 e. The molecule has 1 rings (SSSR count). The molecule has 0 aromatic carbocycles. The number of carboxylic acid groups (broad SMARTS) is 1. The third-order valence-corrected chi connectivity index (χ3v) is 5.44. The van der Waals surface area contributed by atoms with E-state index >= 15 is 0 Å². The van der Waals surface area contributed by atoms with Crippen molar-refractivity contribution in [3.8, 4) is 0 Å². The van der Waals surface area contributed by atoms with Gasteiger partial charge in [-0.15, -0.1) is 0 Å². The van der Waals surface area contributed by atoms with Crippen LogP contribution in [-0.4, -0.2) is 57.5 Å². The van der Waals surface area contributed by atoms with E-state index in [4.69, 9.17) is 5.11 Å². The molecule has 0 bridgehead atoms. The number of aliphatic hydroxyl groups excluding tert-OH is 2. The fourth-order valence-corrected chi connectivity index (χ4v) is 3.92. The van der Waals surface area contributed by atoms with Gasteiger partial charge in [-0.25, -0.2) is 0 Å². The lowest BCUT2D eigenvalue weighted by atomic mass is 10.0. The van der Waals surface area contributed by atoms with Gasteiger partial charge in [0.05, 0.1) is 18.6 Å². The summed E-state index contributed by atoms with van der Waals surface area (Å²) in [6, 6.07) is 0.979. The predicted molar refractivity (Wildman–Crippen MR) is 96.1 cm³/mol. The Labute approximate surface area is 147 Å². The number of aliphatic hydroxyl groups is 2. The van der Waals surface area contributed by atoms with Crippen LogP contribution in [-0.2, 0) is 4.79 Å². The Morgan fingerprint density at radius 1 is 1.04 bits per heavy atom. The minimum Gasteiger partial charge on any atom is -0.481 e. The third-order valence-electron chi connectivity index (χ3n) is 5.44. The van der Waals surface area contributed by atoms with Gasteiger partial charge in [0, 0.05) is 12.1 Å². The van der Waals surface area contributed by atoms with Crippen molar-refractivity contribution in [1.82, 2.24) is 4.90 Å². The van der Waals surface area contributed by atoms with Gasteiger partial charge < -0.3 is 15.3 Å². The molecule has 142 valence electrons. The van der Waals surface area contributed by atoms with Crippen LogP contribution in [0.25, 0.3) is 0 Å². The average molecular weight is 344 g/mol. The predicted octanol–water partition coefficient (Wildman–Crippen LogP) is 3.18. The first kappa shape index (κ1) is 21.4. The molecule has 0 aromatic rings. The van der Waals surface area contributed by atoms with Crippen molar-refractivity contribution in [1.29, 1.82) is 0 Å². The van der Waals surface area contributed by atoms with E-state index in [-0.39, 0.29) is 12.5 Å². The molecule has 1 saturated heterocycles. The van der Waals surface area contributed by atoms with Crippen LogP contribution in [0.3, 0.4) is 0 Å². The van der Waals surface area contributed by atoms with Crippen LogP contribution in [0, 0.1) is 0 Å². The summed E-state index contributed by atoms with van der Waals surface area (Å²) in [4.78, 5) is 12.8. The molecule has 1 aliphatic heterocycles. The maximum atomic E-state index is 10.4. The highest BCUT2D eigenvalue weighted by molar-refractivity contribution is 5.67. The van der Waals surface area contributed by atoms with E-state index in [9.17, 15) is 15.0 Å². The Balaban J connectivity index is 1.92. The molecule has 5 nitrogen and oxygen atoms in total. The molecule has 0 amide bonds. The molecule has 4 atom stereocenters. The summed E-state index contributed by atoms with van der Waals surface area (Å²) < 4.78 is 0. The Morgan fingerprint density at radius 3 is 2.17 bits per heavy atom. The minimum atomic E-state index is -0.921. The number of likely N-dealkylation sites (tertiary alicyclic amines) is 1. The standard InChI is InChI=1S/C19H37NO4/c1-15(21)18-13-12-16(20(18)2)10-8-6-4-3-5-7-9-11-17(22)14-19(23)24/h15-18,21-22H,3-14H2,1-2H3,(H,23,24)/t15-,16-,17+,18-/m0/s1. The van der Waals surface area contributed by atoms with Crippen molar-refractivity contribution < 1.29 is 20.1 Å². The van der Waals surface area contributed by atoms with Crippen LogP contribution in [0.4, 0.5) is 0 Å². The van der Waals surface area contributed by atoms with Gasteiger partial charge in [-0.2, -0.15) is 0 Å². The smallest absolute Gasteiger partial charge is 0.305 e. The second-order valence-electron chi connectivity index (χ2n) is 7.51. The van der Waals surface area contributed by atoms with E-state index in [2.05, 4.69) is 11.9 Å². The molecule has 0 radical (unpaired) electrons. The lowest BCUT2D eigenvalue weighted by molar-refractivity contribution is -0.139. The second-order valence-corrected chi connectivity index (χ2v) is 7.51. The van der Waals surface area contributed by atoms with Gasteiger partial charge in [-0.1, -0.05) is 44.9 Å². The fourth-order valence-electron chi connectivity index (χ4n) is 3.92. The van der Waals surface area contributed by atoms with E-state index in [1.807, 2.05) is 6.92 Å². The average Bonchev–Trinajstić information content (AvgIpc) is 2.86.